The molecule has 2 rings (SSSR count). The summed E-state index contributed by atoms with van der Waals surface area (Å²) in [6.45, 7) is 0. The SMILES string of the molecule is NC(Cc1cc(F)ccc1[N+](=O)[O-])C1CCCC1. The molecule has 0 bridgehead atoms. The molecule has 0 aliphatic heterocycles. The van der Waals surface area contributed by atoms with Crippen molar-refractivity contribution < 1.29 is 9.31 Å². The average Bonchev–Trinajstić information content (AvgIpc) is 2.81. The first-order valence-corrected chi connectivity index (χ1v) is 6.26. The number of nitro groups is 1. The smallest absolute Gasteiger partial charge is 0.272 e. The molecule has 0 radical (unpaired) electrons. The van der Waals surface area contributed by atoms with Crippen LogP contribution in [0.5, 0.6) is 0 Å². The molecule has 1 fully saturated rings. The summed E-state index contributed by atoms with van der Waals surface area (Å²) < 4.78 is 13.2. The highest BCUT2D eigenvalue weighted by Gasteiger charge is 2.25. The second-order valence-electron chi connectivity index (χ2n) is 4.94. The second kappa shape index (κ2) is 5.44. The van der Waals surface area contributed by atoms with Gasteiger partial charge in [-0.2, -0.15) is 0 Å². The minimum absolute atomic E-state index is 0.0372. The number of rotatable bonds is 4. The number of benzene rings is 1. The third-order valence-electron chi connectivity index (χ3n) is 3.70. The summed E-state index contributed by atoms with van der Waals surface area (Å²) >= 11 is 0. The molecule has 1 saturated carbocycles. The van der Waals surface area contributed by atoms with Crippen molar-refractivity contribution in [1.82, 2.24) is 0 Å². The fraction of sp³-hybridized carbons (Fsp3) is 0.538. The monoisotopic (exact) mass is 252 g/mol. The Bertz CT molecular complexity index is 445. The lowest BCUT2D eigenvalue weighted by atomic mass is 9.92. The van der Waals surface area contributed by atoms with E-state index >= 15 is 0 Å². The summed E-state index contributed by atoms with van der Waals surface area (Å²) in [5.41, 5.74) is 6.45. The molecular formula is C13H17FN2O2. The van der Waals surface area contributed by atoms with Crippen LogP contribution in [0.4, 0.5) is 10.1 Å². The van der Waals surface area contributed by atoms with Crippen molar-refractivity contribution in [1.29, 1.82) is 0 Å². The molecular weight excluding hydrogens is 235 g/mol. The van der Waals surface area contributed by atoms with Gasteiger partial charge in [0, 0.05) is 17.7 Å². The molecule has 1 atom stereocenters. The van der Waals surface area contributed by atoms with E-state index in [2.05, 4.69) is 0 Å². The highest BCUT2D eigenvalue weighted by atomic mass is 19.1. The Morgan fingerprint density at radius 1 is 1.44 bits per heavy atom. The Morgan fingerprint density at radius 3 is 2.72 bits per heavy atom. The van der Waals surface area contributed by atoms with Gasteiger partial charge in [0.15, 0.2) is 0 Å². The molecule has 1 aliphatic rings. The number of nitrogens with two attached hydrogens (primary N) is 1. The van der Waals surface area contributed by atoms with Gasteiger partial charge < -0.3 is 5.73 Å². The van der Waals surface area contributed by atoms with Gasteiger partial charge in [-0.25, -0.2) is 4.39 Å². The number of halogens is 1. The standard InChI is InChI=1S/C13H17FN2O2/c14-11-5-6-13(16(17)18)10(7-11)8-12(15)9-3-1-2-4-9/h5-7,9,12H,1-4,8,15H2. The third-order valence-corrected chi connectivity index (χ3v) is 3.70. The van der Waals surface area contributed by atoms with Gasteiger partial charge in [-0.15, -0.1) is 0 Å². The Hall–Kier alpha value is -1.49. The summed E-state index contributed by atoms with van der Waals surface area (Å²) in [6, 6.07) is 3.44. The Balaban J connectivity index is 2.16. The largest absolute Gasteiger partial charge is 0.327 e. The molecule has 18 heavy (non-hydrogen) atoms. The van der Waals surface area contributed by atoms with Crippen molar-refractivity contribution in [2.24, 2.45) is 11.7 Å². The van der Waals surface area contributed by atoms with E-state index < -0.39 is 10.7 Å². The summed E-state index contributed by atoms with van der Waals surface area (Å²) in [7, 11) is 0. The van der Waals surface area contributed by atoms with E-state index in [-0.39, 0.29) is 11.7 Å². The van der Waals surface area contributed by atoms with Gasteiger partial charge in [-0.05, 0) is 37.3 Å². The molecule has 98 valence electrons. The van der Waals surface area contributed by atoms with Gasteiger partial charge in [0.2, 0.25) is 0 Å². The molecule has 0 heterocycles. The lowest BCUT2D eigenvalue weighted by molar-refractivity contribution is -0.385. The molecule has 0 saturated heterocycles. The van der Waals surface area contributed by atoms with Crippen LogP contribution in [0.1, 0.15) is 31.2 Å². The normalized spacial score (nSPS) is 17.9. The fourth-order valence-electron chi connectivity index (χ4n) is 2.70. The van der Waals surface area contributed by atoms with Crippen LogP contribution in [-0.4, -0.2) is 11.0 Å². The van der Waals surface area contributed by atoms with Crippen molar-refractivity contribution >= 4 is 5.69 Å². The maximum Gasteiger partial charge on any atom is 0.272 e. The molecule has 1 aliphatic carbocycles. The van der Waals surface area contributed by atoms with E-state index in [1.165, 1.54) is 25.0 Å². The van der Waals surface area contributed by atoms with Crippen LogP contribution >= 0.6 is 0 Å². The van der Waals surface area contributed by atoms with Crippen molar-refractivity contribution in [2.75, 3.05) is 0 Å². The zero-order valence-corrected chi connectivity index (χ0v) is 10.1. The Morgan fingerprint density at radius 2 is 2.11 bits per heavy atom. The molecule has 2 N–H and O–H groups in total. The minimum Gasteiger partial charge on any atom is -0.327 e. The predicted octanol–water partition coefficient (Wildman–Crippen LogP) is 2.79. The lowest BCUT2D eigenvalue weighted by Crippen LogP contribution is -2.30. The molecule has 0 spiro atoms. The van der Waals surface area contributed by atoms with Crippen LogP contribution in [0.3, 0.4) is 0 Å². The quantitative estimate of drug-likeness (QED) is 0.661. The molecule has 5 heteroatoms. The first kappa shape index (κ1) is 13.0. The predicted molar refractivity (Wildman–Crippen MR) is 66.7 cm³/mol. The topological polar surface area (TPSA) is 69.2 Å². The molecule has 1 aromatic rings. The average molecular weight is 252 g/mol. The highest BCUT2D eigenvalue weighted by Crippen LogP contribution is 2.30. The molecule has 0 amide bonds. The zero-order chi connectivity index (χ0) is 13.1. The number of hydrogen-bond donors (Lipinski definition) is 1. The zero-order valence-electron chi connectivity index (χ0n) is 10.1. The summed E-state index contributed by atoms with van der Waals surface area (Å²) in [4.78, 5) is 10.4. The van der Waals surface area contributed by atoms with Gasteiger partial charge in [-0.1, -0.05) is 12.8 Å². The van der Waals surface area contributed by atoms with Crippen molar-refractivity contribution in [3.63, 3.8) is 0 Å². The van der Waals surface area contributed by atoms with E-state index in [0.29, 0.717) is 17.9 Å². The lowest BCUT2D eigenvalue weighted by Gasteiger charge is -2.18. The first-order valence-electron chi connectivity index (χ1n) is 6.26. The maximum absolute atomic E-state index is 13.2. The van der Waals surface area contributed by atoms with Crippen LogP contribution in [0, 0.1) is 21.8 Å². The van der Waals surface area contributed by atoms with Gasteiger partial charge in [0.1, 0.15) is 5.82 Å². The minimum atomic E-state index is -0.476. The Labute approximate surface area is 105 Å². The van der Waals surface area contributed by atoms with Crippen LogP contribution in [-0.2, 0) is 6.42 Å². The number of nitro benzene ring substituents is 1. The van der Waals surface area contributed by atoms with Crippen molar-refractivity contribution in [3.05, 3.63) is 39.7 Å². The van der Waals surface area contributed by atoms with E-state index in [4.69, 9.17) is 5.73 Å². The summed E-state index contributed by atoms with van der Waals surface area (Å²) in [6.07, 6.45) is 4.86. The van der Waals surface area contributed by atoms with Gasteiger partial charge in [0.05, 0.1) is 4.92 Å². The Kier molecular flexibility index (Phi) is 3.91. The highest BCUT2D eigenvalue weighted by molar-refractivity contribution is 5.40. The molecule has 1 aromatic carbocycles. The summed E-state index contributed by atoms with van der Waals surface area (Å²) in [5, 5.41) is 10.9. The molecule has 1 unspecified atom stereocenters. The van der Waals surface area contributed by atoms with E-state index in [1.54, 1.807) is 0 Å². The van der Waals surface area contributed by atoms with E-state index in [9.17, 15) is 14.5 Å². The van der Waals surface area contributed by atoms with Crippen LogP contribution in [0.15, 0.2) is 18.2 Å². The van der Waals surface area contributed by atoms with E-state index in [0.717, 1.165) is 18.9 Å². The van der Waals surface area contributed by atoms with E-state index in [1.807, 2.05) is 0 Å². The summed E-state index contributed by atoms with van der Waals surface area (Å²) in [5.74, 6) is -0.0397. The van der Waals surface area contributed by atoms with Crippen LogP contribution < -0.4 is 5.73 Å². The van der Waals surface area contributed by atoms with Crippen LogP contribution in [0.25, 0.3) is 0 Å². The number of nitrogens with zero attached hydrogens (tertiary/aromatic N) is 1. The molecule has 0 aromatic heterocycles. The van der Waals surface area contributed by atoms with Crippen LogP contribution in [0.2, 0.25) is 0 Å². The fourth-order valence-corrected chi connectivity index (χ4v) is 2.70. The second-order valence-corrected chi connectivity index (χ2v) is 4.94. The van der Waals surface area contributed by atoms with Gasteiger partial charge in [-0.3, -0.25) is 10.1 Å². The third kappa shape index (κ3) is 2.85. The maximum atomic E-state index is 13.2. The van der Waals surface area contributed by atoms with Gasteiger partial charge in [0.25, 0.3) is 5.69 Å². The number of hydrogen-bond acceptors (Lipinski definition) is 3. The van der Waals surface area contributed by atoms with Gasteiger partial charge >= 0.3 is 0 Å². The van der Waals surface area contributed by atoms with Crippen molar-refractivity contribution in [2.45, 2.75) is 38.1 Å². The molecule has 4 nitrogen and oxygen atoms in total. The van der Waals surface area contributed by atoms with Crippen molar-refractivity contribution in [3.8, 4) is 0 Å². The first-order chi connectivity index (χ1) is 8.58.